The smallest absolute Gasteiger partial charge is 0.0791 e. The molecule has 0 aromatic carbocycles. The predicted molar refractivity (Wildman–Crippen MR) is 68.7 cm³/mol. The van der Waals surface area contributed by atoms with Crippen molar-refractivity contribution in [1.29, 1.82) is 0 Å². The highest BCUT2D eigenvalue weighted by molar-refractivity contribution is 4.72. The molecule has 0 aliphatic heterocycles. The van der Waals surface area contributed by atoms with E-state index in [0.717, 1.165) is 13.1 Å². The lowest BCUT2D eigenvalue weighted by Gasteiger charge is -2.23. The van der Waals surface area contributed by atoms with Gasteiger partial charge in [-0.1, -0.05) is 32.1 Å². The van der Waals surface area contributed by atoms with Gasteiger partial charge in [0.2, 0.25) is 0 Å². The van der Waals surface area contributed by atoms with Crippen molar-refractivity contribution in [1.82, 2.24) is 10.2 Å². The van der Waals surface area contributed by atoms with Crippen LogP contribution in [0.4, 0.5) is 0 Å². The molecule has 2 N–H and O–H groups in total. The largest absolute Gasteiger partial charge is 0.390 e. The van der Waals surface area contributed by atoms with Crippen LogP contribution in [0.1, 0.15) is 44.9 Å². The Bertz CT molecular complexity index is 165. The van der Waals surface area contributed by atoms with E-state index in [4.69, 9.17) is 0 Å². The van der Waals surface area contributed by atoms with Crippen LogP contribution in [0.3, 0.4) is 0 Å². The molecule has 96 valence electrons. The van der Waals surface area contributed by atoms with Crippen molar-refractivity contribution in [2.24, 2.45) is 0 Å². The van der Waals surface area contributed by atoms with E-state index in [-0.39, 0.29) is 6.10 Å². The van der Waals surface area contributed by atoms with Gasteiger partial charge in [-0.2, -0.15) is 0 Å². The first-order chi connectivity index (χ1) is 7.68. The summed E-state index contributed by atoms with van der Waals surface area (Å²) in [7, 11) is 4.00. The second kappa shape index (κ2) is 8.04. The SMILES string of the molecule is CN(C)CC(O)CNC1CCCCCCC1. The molecule has 1 fully saturated rings. The maximum Gasteiger partial charge on any atom is 0.0791 e. The van der Waals surface area contributed by atoms with Crippen molar-refractivity contribution in [3.8, 4) is 0 Å². The summed E-state index contributed by atoms with van der Waals surface area (Å²) in [6, 6.07) is 0.636. The molecule has 0 heterocycles. The number of hydrogen-bond donors (Lipinski definition) is 2. The van der Waals surface area contributed by atoms with Crippen molar-refractivity contribution in [3.05, 3.63) is 0 Å². The Morgan fingerprint density at radius 1 is 1.12 bits per heavy atom. The van der Waals surface area contributed by atoms with Gasteiger partial charge in [-0.25, -0.2) is 0 Å². The molecule has 0 spiro atoms. The second-order valence-corrected chi connectivity index (χ2v) is 5.37. The zero-order valence-corrected chi connectivity index (χ0v) is 10.9. The molecule has 1 unspecified atom stereocenters. The minimum Gasteiger partial charge on any atom is -0.390 e. The third-order valence-corrected chi connectivity index (χ3v) is 3.32. The fraction of sp³-hybridized carbons (Fsp3) is 1.00. The molecule has 1 aliphatic rings. The highest BCUT2D eigenvalue weighted by Gasteiger charge is 2.12. The van der Waals surface area contributed by atoms with Crippen LogP contribution in [-0.4, -0.2) is 49.3 Å². The van der Waals surface area contributed by atoms with Crippen LogP contribution in [0.2, 0.25) is 0 Å². The van der Waals surface area contributed by atoms with Crippen LogP contribution >= 0.6 is 0 Å². The van der Waals surface area contributed by atoms with Crippen molar-refractivity contribution >= 4 is 0 Å². The van der Waals surface area contributed by atoms with E-state index in [2.05, 4.69) is 5.32 Å². The van der Waals surface area contributed by atoms with E-state index in [0.29, 0.717) is 6.04 Å². The zero-order valence-electron chi connectivity index (χ0n) is 10.9. The van der Waals surface area contributed by atoms with Gasteiger partial charge in [-0.15, -0.1) is 0 Å². The molecule has 3 nitrogen and oxygen atoms in total. The van der Waals surface area contributed by atoms with Crippen molar-refractivity contribution in [2.45, 2.75) is 57.1 Å². The molecule has 0 saturated heterocycles. The van der Waals surface area contributed by atoms with E-state index in [1.807, 2.05) is 19.0 Å². The van der Waals surface area contributed by atoms with Crippen LogP contribution in [0.15, 0.2) is 0 Å². The van der Waals surface area contributed by atoms with Gasteiger partial charge in [0, 0.05) is 19.1 Å². The number of hydrogen-bond acceptors (Lipinski definition) is 3. The summed E-state index contributed by atoms with van der Waals surface area (Å²) in [4.78, 5) is 2.03. The predicted octanol–water partition coefficient (Wildman–Crippen LogP) is 1.61. The van der Waals surface area contributed by atoms with Crippen LogP contribution in [0.5, 0.6) is 0 Å². The third kappa shape index (κ3) is 6.46. The highest BCUT2D eigenvalue weighted by atomic mass is 16.3. The summed E-state index contributed by atoms with van der Waals surface area (Å²) in [5.41, 5.74) is 0. The number of nitrogens with zero attached hydrogens (tertiary/aromatic N) is 1. The zero-order chi connectivity index (χ0) is 11.8. The minimum atomic E-state index is -0.236. The number of aliphatic hydroxyl groups is 1. The van der Waals surface area contributed by atoms with E-state index in [1.165, 1.54) is 44.9 Å². The van der Waals surface area contributed by atoms with Gasteiger partial charge in [0.25, 0.3) is 0 Å². The van der Waals surface area contributed by atoms with Crippen molar-refractivity contribution < 1.29 is 5.11 Å². The molecular weight excluding hydrogens is 200 g/mol. The first-order valence-electron chi connectivity index (χ1n) is 6.74. The molecule has 0 bridgehead atoms. The van der Waals surface area contributed by atoms with E-state index < -0.39 is 0 Å². The van der Waals surface area contributed by atoms with Gasteiger partial charge < -0.3 is 15.3 Å². The summed E-state index contributed by atoms with van der Waals surface area (Å²) < 4.78 is 0. The summed E-state index contributed by atoms with van der Waals surface area (Å²) in [6.45, 7) is 1.49. The number of likely N-dealkylation sites (N-methyl/N-ethyl adjacent to an activating group) is 1. The fourth-order valence-corrected chi connectivity index (χ4v) is 2.45. The van der Waals surface area contributed by atoms with Gasteiger partial charge in [0.1, 0.15) is 0 Å². The Morgan fingerprint density at radius 2 is 1.69 bits per heavy atom. The number of nitrogens with one attached hydrogen (secondary N) is 1. The van der Waals surface area contributed by atoms with E-state index in [9.17, 15) is 5.11 Å². The molecule has 0 amide bonds. The standard InChI is InChI=1S/C13H28N2O/c1-15(2)11-13(16)10-14-12-8-6-4-3-5-7-9-12/h12-14,16H,3-11H2,1-2H3. The quantitative estimate of drug-likeness (QED) is 0.750. The lowest BCUT2D eigenvalue weighted by Crippen LogP contribution is -2.40. The Balaban J connectivity index is 2.14. The van der Waals surface area contributed by atoms with Crippen LogP contribution in [0, 0.1) is 0 Å². The summed E-state index contributed by atoms with van der Waals surface area (Å²) in [5.74, 6) is 0. The van der Waals surface area contributed by atoms with Crippen LogP contribution in [0.25, 0.3) is 0 Å². The number of rotatable bonds is 5. The molecule has 3 heteroatoms. The van der Waals surface area contributed by atoms with Crippen LogP contribution in [-0.2, 0) is 0 Å². The van der Waals surface area contributed by atoms with Gasteiger partial charge in [-0.05, 0) is 26.9 Å². The Kier molecular flexibility index (Phi) is 7.01. The third-order valence-electron chi connectivity index (χ3n) is 3.32. The Hall–Kier alpha value is -0.120. The Labute approximate surface area is 100 Å². The molecule has 1 aliphatic carbocycles. The van der Waals surface area contributed by atoms with E-state index in [1.54, 1.807) is 0 Å². The molecule has 16 heavy (non-hydrogen) atoms. The summed E-state index contributed by atoms with van der Waals surface area (Å²) in [6.07, 6.45) is 9.22. The van der Waals surface area contributed by atoms with E-state index >= 15 is 0 Å². The van der Waals surface area contributed by atoms with Crippen molar-refractivity contribution in [3.63, 3.8) is 0 Å². The molecule has 1 rings (SSSR count). The van der Waals surface area contributed by atoms with Gasteiger partial charge in [-0.3, -0.25) is 0 Å². The molecular formula is C13H28N2O. The van der Waals surface area contributed by atoms with Crippen LogP contribution < -0.4 is 5.32 Å². The maximum absolute atomic E-state index is 9.77. The molecule has 0 aromatic heterocycles. The number of aliphatic hydroxyl groups excluding tert-OH is 1. The monoisotopic (exact) mass is 228 g/mol. The summed E-state index contributed by atoms with van der Waals surface area (Å²) >= 11 is 0. The first kappa shape index (κ1) is 13.9. The lowest BCUT2D eigenvalue weighted by molar-refractivity contribution is 0.129. The molecule has 0 aromatic rings. The van der Waals surface area contributed by atoms with Gasteiger partial charge in [0.05, 0.1) is 6.10 Å². The molecule has 1 saturated carbocycles. The summed E-state index contributed by atoms with van der Waals surface area (Å²) in [5, 5.41) is 13.3. The molecule has 0 radical (unpaired) electrons. The molecule has 1 atom stereocenters. The minimum absolute atomic E-state index is 0.236. The van der Waals surface area contributed by atoms with Gasteiger partial charge in [0.15, 0.2) is 0 Å². The average Bonchev–Trinajstić information content (AvgIpc) is 2.14. The Morgan fingerprint density at radius 3 is 2.25 bits per heavy atom. The lowest BCUT2D eigenvalue weighted by atomic mass is 9.96. The average molecular weight is 228 g/mol. The van der Waals surface area contributed by atoms with Crippen molar-refractivity contribution in [2.75, 3.05) is 27.2 Å². The fourth-order valence-electron chi connectivity index (χ4n) is 2.45. The highest BCUT2D eigenvalue weighted by Crippen LogP contribution is 2.16. The van der Waals surface area contributed by atoms with Gasteiger partial charge >= 0.3 is 0 Å². The second-order valence-electron chi connectivity index (χ2n) is 5.37. The first-order valence-corrected chi connectivity index (χ1v) is 6.74. The maximum atomic E-state index is 9.77. The topological polar surface area (TPSA) is 35.5 Å². The normalized spacial score (nSPS) is 21.8.